The van der Waals surface area contributed by atoms with E-state index in [1.54, 1.807) is 31.4 Å². The van der Waals surface area contributed by atoms with Crippen molar-refractivity contribution in [2.75, 3.05) is 7.11 Å². The van der Waals surface area contributed by atoms with Crippen LogP contribution in [0.5, 0.6) is 5.75 Å². The molecule has 140 valence electrons. The summed E-state index contributed by atoms with van der Waals surface area (Å²) in [5.41, 5.74) is 2.01. The number of ketones is 1. The summed E-state index contributed by atoms with van der Waals surface area (Å²) in [4.78, 5) is 29.9. The lowest BCUT2D eigenvalue weighted by molar-refractivity contribution is 0.0966. The standard InChI is InChI=1S/C21H17N3O3S/c1-13-22-19-20(28-13)18(15-6-4-3-5-7-15)23-24(21(19)26)12-17(25)14-8-10-16(27-2)11-9-14/h3-11H,12H2,1-2H3. The molecule has 2 heterocycles. The molecule has 0 amide bonds. The number of Topliss-reactive ketones (excluding diaryl/α,β-unsaturated/α-hetero) is 1. The second-order valence-corrected chi connectivity index (χ2v) is 7.44. The monoisotopic (exact) mass is 391 g/mol. The Morgan fingerprint density at radius 2 is 1.82 bits per heavy atom. The molecule has 0 radical (unpaired) electrons. The van der Waals surface area contributed by atoms with Crippen molar-refractivity contribution in [1.82, 2.24) is 14.8 Å². The van der Waals surface area contributed by atoms with E-state index >= 15 is 0 Å². The third kappa shape index (κ3) is 3.32. The van der Waals surface area contributed by atoms with E-state index in [-0.39, 0.29) is 17.9 Å². The van der Waals surface area contributed by atoms with E-state index in [0.29, 0.717) is 22.5 Å². The Labute approximate surface area is 165 Å². The molecule has 0 spiro atoms. The molecule has 4 aromatic rings. The maximum Gasteiger partial charge on any atom is 0.294 e. The number of fused-ring (bicyclic) bond motifs is 1. The number of carbonyl (C=O) groups is 1. The summed E-state index contributed by atoms with van der Waals surface area (Å²) in [6.45, 7) is 1.70. The van der Waals surface area contributed by atoms with E-state index in [9.17, 15) is 9.59 Å². The van der Waals surface area contributed by atoms with Crippen LogP contribution in [0.4, 0.5) is 0 Å². The molecule has 6 nitrogen and oxygen atoms in total. The first kappa shape index (κ1) is 18.1. The largest absolute Gasteiger partial charge is 0.497 e. The van der Waals surface area contributed by atoms with E-state index in [4.69, 9.17) is 4.74 Å². The van der Waals surface area contributed by atoms with E-state index < -0.39 is 0 Å². The summed E-state index contributed by atoms with van der Waals surface area (Å²) in [7, 11) is 1.57. The third-order valence-corrected chi connectivity index (χ3v) is 5.34. The third-order valence-electron chi connectivity index (χ3n) is 4.36. The zero-order valence-electron chi connectivity index (χ0n) is 15.4. The van der Waals surface area contributed by atoms with Gasteiger partial charge in [-0.25, -0.2) is 9.67 Å². The molecule has 0 aliphatic rings. The first-order chi connectivity index (χ1) is 13.6. The number of thiazole rings is 1. The Bertz CT molecular complexity index is 1210. The number of hydrogen-bond donors (Lipinski definition) is 0. The smallest absolute Gasteiger partial charge is 0.294 e. The average molecular weight is 391 g/mol. The van der Waals surface area contributed by atoms with Crippen LogP contribution in [0.15, 0.2) is 59.4 Å². The second-order valence-electron chi connectivity index (χ2n) is 6.24. The predicted molar refractivity (Wildman–Crippen MR) is 109 cm³/mol. The van der Waals surface area contributed by atoms with Gasteiger partial charge >= 0.3 is 0 Å². The van der Waals surface area contributed by atoms with Crippen molar-refractivity contribution in [3.8, 4) is 17.0 Å². The first-order valence-corrected chi connectivity index (χ1v) is 9.49. The highest BCUT2D eigenvalue weighted by Gasteiger charge is 2.18. The molecule has 0 unspecified atom stereocenters. The van der Waals surface area contributed by atoms with E-state index in [0.717, 1.165) is 15.3 Å². The Morgan fingerprint density at radius 3 is 2.50 bits per heavy atom. The van der Waals surface area contributed by atoms with Crippen LogP contribution >= 0.6 is 11.3 Å². The lowest BCUT2D eigenvalue weighted by Crippen LogP contribution is -2.27. The van der Waals surface area contributed by atoms with E-state index in [1.165, 1.54) is 16.0 Å². The molecule has 0 saturated heterocycles. The van der Waals surface area contributed by atoms with Gasteiger partial charge < -0.3 is 4.74 Å². The molecule has 0 aliphatic carbocycles. The van der Waals surface area contributed by atoms with Gasteiger partial charge in [0, 0.05) is 11.1 Å². The molecular weight excluding hydrogens is 374 g/mol. The minimum absolute atomic E-state index is 0.155. The number of hydrogen-bond acceptors (Lipinski definition) is 6. The van der Waals surface area contributed by atoms with Crippen molar-refractivity contribution in [2.24, 2.45) is 0 Å². The summed E-state index contributed by atoms with van der Waals surface area (Å²) >= 11 is 1.43. The Balaban J connectivity index is 1.79. The Morgan fingerprint density at radius 1 is 1.11 bits per heavy atom. The molecule has 0 fully saturated rings. The van der Waals surface area contributed by atoms with Crippen LogP contribution in [-0.4, -0.2) is 27.7 Å². The zero-order chi connectivity index (χ0) is 19.7. The molecule has 0 bridgehead atoms. The van der Waals surface area contributed by atoms with Crippen LogP contribution in [0.25, 0.3) is 21.5 Å². The van der Waals surface area contributed by atoms with Crippen LogP contribution in [0, 0.1) is 6.92 Å². The highest BCUT2D eigenvalue weighted by Crippen LogP contribution is 2.29. The molecule has 2 aromatic carbocycles. The van der Waals surface area contributed by atoms with Gasteiger partial charge in [0.1, 0.15) is 18.0 Å². The number of aryl methyl sites for hydroxylation is 1. The summed E-state index contributed by atoms with van der Waals surface area (Å²) in [5.74, 6) is 0.458. The summed E-state index contributed by atoms with van der Waals surface area (Å²) in [5, 5.41) is 5.29. The summed E-state index contributed by atoms with van der Waals surface area (Å²) < 4.78 is 7.06. The van der Waals surface area contributed by atoms with Crippen molar-refractivity contribution >= 4 is 27.3 Å². The molecule has 7 heteroatoms. The van der Waals surface area contributed by atoms with Crippen LogP contribution in [0.3, 0.4) is 0 Å². The highest BCUT2D eigenvalue weighted by molar-refractivity contribution is 7.19. The van der Waals surface area contributed by atoms with Gasteiger partial charge in [-0.05, 0) is 31.2 Å². The maximum atomic E-state index is 12.9. The minimum atomic E-state index is -0.360. The number of ether oxygens (including phenoxy) is 1. The minimum Gasteiger partial charge on any atom is -0.497 e. The van der Waals surface area contributed by atoms with E-state index in [1.807, 2.05) is 37.3 Å². The lowest BCUT2D eigenvalue weighted by atomic mass is 10.1. The Hall–Kier alpha value is -3.32. The fourth-order valence-electron chi connectivity index (χ4n) is 2.96. The van der Waals surface area contributed by atoms with Crippen LogP contribution in [0.2, 0.25) is 0 Å². The first-order valence-electron chi connectivity index (χ1n) is 8.68. The topological polar surface area (TPSA) is 74.1 Å². The van der Waals surface area contributed by atoms with Crippen LogP contribution in [0.1, 0.15) is 15.4 Å². The van der Waals surface area contributed by atoms with Crippen LogP contribution < -0.4 is 10.3 Å². The van der Waals surface area contributed by atoms with Crippen LogP contribution in [-0.2, 0) is 6.54 Å². The van der Waals surface area contributed by atoms with Gasteiger partial charge in [0.25, 0.3) is 5.56 Å². The lowest BCUT2D eigenvalue weighted by Gasteiger charge is -2.08. The fourth-order valence-corrected chi connectivity index (χ4v) is 3.88. The number of carbonyl (C=O) groups excluding carboxylic acids is 1. The van der Waals surface area contributed by atoms with Gasteiger partial charge in [-0.15, -0.1) is 11.3 Å². The summed E-state index contributed by atoms with van der Waals surface area (Å²) in [6, 6.07) is 16.4. The zero-order valence-corrected chi connectivity index (χ0v) is 16.2. The molecule has 0 N–H and O–H groups in total. The van der Waals surface area contributed by atoms with E-state index in [2.05, 4.69) is 10.1 Å². The molecule has 0 saturated carbocycles. The van der Waals surface area contributed by atoms with Crippen molar-refractivity contribution in [1.29, 1.82) is 0 Å². The van der Waals surface area contributed by atoms with Gasteiger partial charge in [0.05, 0.1) is 16.8 Å². The maximum absolute atomic E-state index is 12.9. The van der Waals surface area contributed by atoms with Gasteiger partial charge in [-0.3, -0.25) is 9.59 Å². The second kappa shape index (κ2) is 7.36. The molecular formula is C21H17N3O3S. The van der Waals surface area contributed by atoms with Crippen molar-refractivity contribution in [3.05, 3.63) is 75.5 Å². The van der Waals surface area contributed by atoms with Crippen molar-refractivity contribution in [2.45, 2.75) is 13.5 Å². The van der Waals surface area contributed by atoms with Crippen molar-refractivity contribution < 1.29 is 9.53 Å². The van der Waals surface area contributed by atoms with Gasteiger partial charge in [0.15, 0.2) is 11.3 Å². The molecule has 28 heavy (non-hydrogen) atoms. The molecule has 2 aromatic heterocycles. The quantitative estimate of drug-likeness (QED) is 0.485. The number of benzene rings is 2. The number of methoxy groups -OCH3 is 1. The number of rotatable bonds is 5. The van der Waals surface area contributed by atoms with Gasteiger partial charge in [-0.1, -0.05) is 30.3 Å². The average Bonchev–Trinajstić information content (AvgIpc) is 3.12. The number of aromatic nitrogens is 3. The van der Waals surface area contributed by atoms with Gasteiger partial charge in [-0.2, -0.15) is 5.10 Å². The van der Waals surface area contributed by atoms with Crippen molar-refractivity contribution in [3.63, 3.8) is 0 Å². The molecule has 4 rings (SSSR count). The number of nitrogens with zero attached hydrogens (tertiary/aromatic N) is 3. The SMILES string of the molecule is COc1ccc(C(=O)Cn2nc(-c3ccccc3)c3sc(C)nc3c2=O)cc1. The highest BCUT2D eigenvalue weighted by atomic mass is 32.1. The fraction of sp³-hybridized carbons (Fsp3) is 0.143. The Kier molecular flexibility index (Phi) is 4.75. The predicted octanol–water partition coefficient (Wildman–Crippen LogP) is 3.72. The molecule has 0 atom stereocenters. The normalized spacial score (nSPS) is 10.9. The molecule has 0 aliphatic heterocycles. The summed E-state index contributed by atoms with van der Waals surface area (Å²) in [6.07, 6.45) is 0. The van der Waals surface area contributed by atoms with Gasteiger partial charge in [0.2, 0.25) is 0 Å².